The second kappa shape index (κ2) is 6.93. The zero-order valence-electron chi connectivity index (χ0n) is 12.9. The van der Waals surface area contributed by atoms with Crippen LogP contribution in [0.2, 0.25) is 0 Å². The Labute approximate surface area is 138 Å². The number of likely N-dealkylation sites (tertiary alicyclic amines) is 1. The van der Waals surface area contributed by atoms with Crippen LogP contribution in [0.1, 0.15) is 17.0 Å². The van der Waals surface area contributed by atoms with Gasteiger partial charge in [-0.3, -0.25) is 4.90 Å². The summed E-state index contributed by atoms with van der Waals surface area (Å²) >= 11 is 0. The molecule has 0 saturated carbocycles. The second-order valence-corrected chi connectivity index (χ2v) is 6.03. The highest BCUT2D eigenvalue weighted by atomic mass is 19.1. The maximum Gasteiger partial charge on any atom is 0.130 e. The van der Waals surface area contributed by atoms with E-state index in [1.165, 1.54) is 30.3 Å². The molecule has 24 heavy (non-hydrogen) atoms. The second-order valence-electron chi connectivity index (χ2n) is 6.03. The summed E-state index contributed by atoms with van der Waals surface area (Å²) in [6.45, 7) is -0.0841. The fourth-order valence-electron chi connectivity index (χ4n) is 3.28. The molecule has 0 unspecified atom stereocenters. The van der Waals surface area contributed by atoms with Crippen LogP contribution in [0.3, 0.4) is 0 Å². The lowest BCUT2D eigenvalue weighted by atomic mass is 9.94. The normalized spacial score (nSPS) is 24.5. The van der Waals surface area contributed by atoms with Crippen molar-refractivity contribution in [2.75, 3.05) is 13.2 Å². The Morgan fingerprint density at radius 2 is 1.62 bits per heavy atom. The molecule has 2 N–H and O–H groups in total. The minimum Gasteiger partial charge on any atom is -0.395 e. The maximum absolute atomic E-state index is 13.9. The van der Waals surface area contributed by atoms with E-state index in [0.717, 1.165) is 5.56 Å². The van der Waals surface area contributed by atoms with Crippen molar-refractivity contribution < 1.29 is 23.4 Å². The van der Waals surface area contributed by atoms with Gasteiger partial charge in [-0.1, -0.05) is 18.2 Å². The van der Waals surface area contributed by atoms with Gasteiger partial charge in [0.05, 0.1) is 18.8 Å². The Bertz CT molecular complexity index is 688. The Hall–Kier alpha value is -1.89. The van der Waals surface area contributed by atoms with Crippen LogP contribution < -0.4 is 0 Å². The molecule has 2 aromatic rings. The average molecular weight is 337 g/mol. The zero-order valence-corrected chi connectivity index (χ0v) is 12.9. The van der Waals surface area contributed by atoms with Crippen LogP contribution >= 0.6 is 0 Å². The Morgan fingerprint density at radius 3 is 2.21 bits per heavy atom. The molecule has 1 saturated heterocycles. The van der Waals surface area contributed by atoms with Crippen molar-refractivity contribution in [3.05, 3.63) is 71.0 Å². The number of rotatable bonds is 4. The molecule has 1 aliphatic heterocycles. The number of hydrogen-bond donors (Lipinski definition) is 2. The standard InChI is InChI=1S/C18H18F3NO2/c19-12-6-4-11(5-7-12)13-8-22(17(10-23)18(13)24)9-14-15(20)2-1-3-16(14)21/h1-7,13,17-18,23-24H,8-10H2/t13-,17-,18-/m1/s1. The van der Waals surface area contributed by atoms with Gasteiger partial charge in [0.25, 0.3) is 0 Å². The molecule has 6 heteroatoms. The Balaban J connectivity index is 1.85. The van der Waals surface area contributed by atoms with Crippen molar-refractivity contribution in [1.82, 2.24) is 4.90 Å². The molecule has 1 aliphatic rings. The van der Waals surface area contributed by atoms with Crippen LogP contribution in [0.4, 0.5) is 13.2 Å². The summed E-state index contributed by atoms with van der Waals surface area (Å²) in [5.74, 6) is -2.06. The molecule has 0 bridgehead atoms. The van der Waals surface area contributed by atoms with E-state index in [0.29, 0.717) is 6.54 Å². The number of benzene rings is 2. The number of halogens is 3. The number of aliphatic hydroxyl groups is 2. The van der Waals surface area contributed by atoms with Crippen molar-refractivity contribution in [2.24, 2.45) is 0 Å². The fourth-order valence-corrected chi connectivity index (χ4v) is 3.28. The van der Waals surface area contributed by atoms with Gasteiger partial charge in [0.15, 0.2) is 0 Å². The SMILES string of the molecule is OC[C@@H]1[C@H](O)[C@@H](c2ccc(F)cc2)CN1Cc1c(F)cccc1F. The van der Waals surface area contributed by atoms with Crippen LogP contribution in [0.25, 0.3) is 0 Å². The molecule has 0 radical (unpaired) electrons. The lowest BCUT2D eigenvalue weighted by Crippen LogP contribution is -2.38. The lowest BCUT2D eigenvalue weighted by molar-refractivity contribution is 0.0632. The highest BCUT2D eigenvalue weighted by Gasteiger charge is 2.41. The molecule has 1 heterocycles. The largest absolute Gasteiger partial charge is 0.395 e. The first-order chi connectivity index (χ1) is 11.5. The van der Waals surface area contributed by atoms with Gasteiger partial charge in [0.1, 0.15) is 17.5 Å². The molecule has 128 valence electrons. The average Bonchev–Trinajstić information content (AvgIpc) is 2.87. The minimum absolute atomic E-state index is 0.0571. The molecule has 2 aromatic carbocycles. The molecule has 3 rings (SSSR count). The third kappa shape index (κ3) is 3.17. The number of hydrogen-bond acceptors (Lipinski definition) is 3. The third-order valence-electron chi connectivity index (χ3n) is 4.61. The first-order valence-electron chi connectivity index (χ1n) is 7.72. The monoisotopic (exact) mass is 337 g/mol. The van der Waals surface area contributed by atoms with Crippen LogP contribution in [-0.2, 0) is 6.54 Å². The van der Waals surface area contributed by atoms with E-state index in [4.69, 9.17) is 0 Å². The van der Waals surface area contributed by atoms with E-state index in [9.17, 15) is 23.4 Å². The van der Waals surface area contributed by atoms with Gasteiger partial charge in [-0.15, -0.1) is 0 Å². The van der Waals surface area contributed by atoms with Gasteiger partial charge in [-0.2, -0.15) is 0 Å². The summed E-state index contributed by atoms with van der Waals surface area (Å²) in [6.07, 6.45) is -0.907. The molecule has 0 aliphatic carbocycles. The van der Waals surface area contributed by atoms with Gasteiger partial charge in [0, 0.05) is 24.6 Å². The van der Waals surface area contributed by atoms with Gasteiger partial charge >= 0.3 is 0 Å². The molecule has 0 aromatic heterocycles. The van der Waals surface area contributed by atoms with Crippen LogP contribution in [-0.4, -0.2) is 40.4 Å². The summed E-state index contributed by atoms with van der Waals surface area (Å²) in [5, 5.41) is 20.1. The Kier molecular flexibility index (Phi) is 4.89. The molecular weight excluding hydrogens is 319 g/mol. The highest BCUT2D eigenvalue weighted by Crippen LogP contribution is 2.33. The number of nitrogens with zero attached hydrogens (tertiary/aromatic N) is 1. The predicted octanol–water partition coefficient (Wildman–Crippen LogP) is 2.43. The molecule has 3 atom stereocenters. The smallest absolute Gasteiger partial charge is 0.130 e. The highest BCUT2D eigenvalue weighted by molar-refractivity contribution is 5.26. The van der Waals surface area contributed by atoms with Crippen molar-refractivity contribution in [3.8, 4) is 0 Å². The van der Waals surface area contributed by atoms with Crippen molar-refractivity contribution in [2.45, 2.75) is 24.6 Å². The van der Waals surface area contributed by atoms with Gasteiger partial charge in [0.2, 0.25) is 0 Å². The lowest BCUT2D eigenvalue weighted by Gasteiger charge is -2.24. The van der Waals surface area contributed by atoms with Gasteiger partial charge < -0.3 is 10.2 Å². The van der Waals surface area contributed by atoms with Crippen LogP contribution in [0, 0.1) is 17.5 Å². The fraction of sp³-hybridized carbons (Fsp3) is 0.333. The van der Waals surface area contributed by atoms with E-state index >= 15 is 0 Å². The topological polar surface area (TPSA) is 43.7 Å². The maximum atomic E-state index is 13.9. The molecule has 3 nitrogen and oxygen atoms in total. The minimum atomic E-state index is -0.907. The van der Waals surface area contributed by atoms with E-state index in [-0.39, 0.29) is 30.5 Å². The molecule has 0 spiro atoms. The summed E-state index contributed by atoms with van der Waals surface area (Å²) < 4.78 is 40.8. The summed E-state index contributed by atoms with van der Waals surface area (Å²) in [6, 6.07) is 8.75. The van der Waals surface area contributed by atoms with Crippen LogP contribution in [0.5, 0.6) is 0 Å². The third-order valence-corrected chi connectivity index (χ3v) is 4.61. The number of aliphatic hydroxyl groups excluding tert-OH is 2. The summed E-state index contributed by atoms with van der Waals surface area (Å²) in [5.41, 5.74) is 0.627. The first-order valence-corrected chi connectivity index (χ1v) is 7.72. The van der Waals surface area contributed by atoms with E-state index in [1.54, 1.807) is 17.0 Å². The van der Waals surface area contributed by atoms with E-state index in [2.05, 4.69) is 0 Å². The predicted molar refractivity (Wildman–Crippen MR) is 82.8 cm³/mol. The molecule has 1 fully saturated rings. The van der Waals surface area contributed by atoms with Crippen molar-refractivity contribution in [3.63, 3.8) is 0 Å². The first kappa shape index (κ1) is 17.0. The molecule has 0 amide bonds. The zero-order chi connectivity index (χ0) is 17.3. The van der Waals surface area contributed by atoms with Gasteiger partial charge in [-0.05, 0) is 29.8 Å². The quantitative estimate of drug-likeness (QED) is 0.901. The van der Waals surface area contributed by atoms with Gasteiger partial charge in [-0.25, -0.2) is 13.2 Å². The Morgan fingerprint density at radius 1 is 1.00 bits per heavy atom. The summed E-state index contributed by atoms with van der Waals surface area (Å²) in [4.78, 5) is 1.65. The van der Waals surface area contributed by atoms with E-state index in [1.807, 2.05) is 0 Å². The van der Waals surface area contributed by atoms with Crippen LogP contribution in [0.15, 0.2) is 42.5 Å². The van der Waals surface area contributed by atoms with Crippen molar-refractivity contribution >= 4 is 0 Å². The van der Waals surface area contributed by atoms with E-state index < -0.39 is 23.8 Å². The molecular formula is C18H18F3NO2. The summed E-state index contributed by atoms with van der Waals surface area (Å²) in [7, 11) is 0. The van der Waals surface area contributed by atoms with Crippen molar-refractivity contribution in [1.29, 1.82) is 0 Å².